The minimum atomic E-state index is 0.174. The van der Waals surface area contributed by atoms with Crippen LogP contribution < -0.4 is 10.6 Å². The Kier molecular flexibility index (Phi) is 3.96. The first kappa shape index (κ1) is 11.6. The van der Waals surface area contributed by atoms with E-state index in [2.05, 4.69) is 35.1 Å². The van der Waals surface area contributed by atoms with Gasteiger partial charge in [-0.3, -0.25) is 4.79 Å². The molecule has 1 amide bonds. The van der Waals surface area contributed by atoms with Crippen LogP contribution in [0.3, 0.4) is 0 Å². The molecule has 1 aliphatic carbocycles. The van der Waals surface area contributed by atoms with Crippen molar-refractivity contribution in [1.29, 1.82) is 0 Å². The molecule has 88 valence electrons. The number of nitrogens with one attached hydrogen (secondary N) is 2. The second-order valence-electron chi connectivity index (χ2n) is 4.28. The molecule has 1 aromatic rings. The van der Waals surface area contributed by atoms with Crippen LogP contribution >= 0.6 is 11.3 Å². The lowest BCUT2D eigenvalue weighted by Crippen LogP contribution is -2.29. The summed E-state index contributed by atoms with van der Waals surface area (Å²) in [5.41, 5.74) is 0. The summed E-state index contributed by atoms with van der Waals surface area (Å²) < 4.78 is 0. The Bertz CT molecular complexity index is 333. The highest BCUT2D eigenvalue weighted by Gasteiger charge is 2.22. The zero-order valence-corrected chi connectivity index (χ0v) is 10.3. The van der Waals surface area contributed by atoms with Gasteiger partial charge in [0.2, 0.25) is 5.91 Å². The molecule has 1 aliphatic rings. The Balaban J connectivity index is 1.61. The standard InChI is InChI=1S/C12H18N2OS/c1-9(11-3-2-8-16-11)13-7-6-12(15)14-10-4-5-10/h2-3,8-10,13H,4-7H2,1H3,(H,14,15)/t9-/m0/s1. The third-order valence-corrected chi connectivity index (χ3v) is 3.77. The molecule has 16 heavy (non-hydrogen) atoms. The lowest BCUT2D eigenvalue weighted by Gasteiger charge is -2.11. The van der Waals surface area contributed by atoms with Gasteiger partial charge in [0.05, 0.1) is 0 Å². The van der Waals surface area contributed by atoms with Crippen LogP contribution in [0.4, 0.5) is 0 Å². The molecule has 1 saturated carbocycles. The van der Waals surface area contributed by atoms with Crippen molar-refractivity contribution in [3.63, 3.8) is 0 Å². The Morgan fingerprint density at radius 3 is 3.06 bits per heavy atom. The highest BCUT2D eigenvalue weighted by molar-refractivity contribution is 7.10. The van der Waals surface area contributed by atoms with E-state index in [-0.39, 0.29) is 5.91 Å². The number of carbonyl (C=O) groups excluding carboxylic acids is 1. The number of carbonyl (C=O) groups is 1. The van der Waals surface area contributed by atoms with Gasteiger partial charge in [0.1, 0.15) is 0 Å². The maximum atomic E-state index is 11.4. The highest BCUT2D eigenvalue weighted by atomic mass is 32.1. The summed E-state index contributed by atoms with van der Waals surface area (Å²) in [7, 11) is 0. The third kappa shape index (κ3) is 3.61. The van der Waals surface area contributed by atoms with Gasteiger partial charge in [-0.15, -0.1) is 11.3 Å². The molecule has 0 saturated heterocycles. The second-order valence-corrected chi connectivity index (χ2v) is 5.26. The topological polar surface area (TPSA) is 41.1 Å². The number of rotatable bonds is 6. The van der Waals surface area contributed by atoms with E-state index < -0.39 is 0 Å². The minimum absolute atomic E-state index is 0.174. The van der Waals surface area contributed by atoms with Gasteiger partial charge in [-0.05, 0) is 31.2 Å². The molecule has 4 heteroatoms. The summed E-state index contributed by atoms with van der Waals surface area (Å²) >= 11 is 1.75. The first-order chi connectivity index (χ1) is 7.75. The SMILES string of the molecule is C[C@H](NCCC(=O)NC1CC1)c1cccs1. The summed E-state index contributed by atoms with van der Waals surface area (Å²) in [5.74, 6) is 0.174. The van der Waals surface area contributed by atoms with Crippen molar-refractivity contribution in [3.05, 3.63) is 22.4 Å². The van der Waals surface area contributed by atoms with Crippen molar-refractivity contribution in [3.8, 4) is 0 Å². The smallest absolute Gasteiger partial charge is 0.221 e. The van der Waals surface area contributed by atoms with Gasteiger partial charge in [-0.2, -0.15) is 0 Å². The molecule has 1 heterocycles. The Hall–Kier alpha value is -0.870. The van der Waals surface area contributed by atoms with Crippen molar-refractivity contribution in [2.75, 3.05) is 6.54 Å². The van der Waals surface area contributed by atoms with Crippen molar-refractivity contribution in [1.82, 2.24) is 10.6 Å². The highest BCUT2D eigenvalue weighted by Crippen LogP contribution is 2.19. The van der Waals surface area contributed by atoms with Crippen molar-refractivity contribution >= 4 is 17.2 Å². The van der Waals surface area contributed by atoms with Crippen LogP contribution in [-0.4, -0.2) is 18.5 Å². The van der Waals surface area contributed by atoms with Crippen LogP contribution in [-0.2, 0) is 4.79 Å². The van der Waals surface area contributed by atoms with Crippen LogP contribution in [0.15, 0.2) is 17.5 Å². The summed E-state index contributed by atoms with van der Waals surface area (Å²) in [4.78, 5) is 12.7. The quantitative estimate of drug-likeness (QED) is 0.796. The fourth-order valence-electron chi connectivity index (χ4n) is 1.57. The fraction of sp³-hybridized carbons (Fsp3) is 0.583. The van der Waals surface area contributed by atoms with Crippen LogP contribution in [0.25, 0.3) is 0 Å². The summed E-state index contributed by atoms with van der Waals surface area (Å²) in [5, 5.41) is 8.42. The van der Waals surface area contributed by atoms with Gasteiger partial charge in [0.25, 0.3) is 0 Å². The van der Waals surface area contributed by atoms with E-state index in [1.807, 2.05) is 0 Å². The molecule has 2 N–H and O–H groups in total. The molecule has 1 aromatic heterocycles. The largest absolute Gasteiger partial charge is 0.353 e. The first-order valence-electron chi connectivity index (χ1n) is 5.82. The predicted octanol–water partition coefficient (Wildman–Crippen LogP) is 2.07. The zero-order valence-electron chi connectivity index (χ0n) is 9.53. The van der Waals surface area contributed by atoms with E-state index in [9.17, 15) is 4.79 Å². The molecule has 0 spiro atoms. The summed E-state index contributed by atoms with van der Waals surface area (Å²) in [6.45, 7) is 2.88. The lowest BCUT2D eigenvalue weighted by atomic mass is 10.2. The maximum absolute atomic E-state index is 11.4. The van der Waals surface area contributed by atoms with E-state index >= 15 is 0 Å². The van der Waals surface area contributed by atoms with Gasteiger partial charge in [0, 0.05) is 29.9 Å². The number of hydrogen-bond acceptors (Lipinski definition) is 3. The number of hydrogen-bond donors (Lipinski definition) is 2. The molecular weight excluding hydrogens is 220 g/mol. The van der Waals surface area contributed by atoms with E-state index in [0.29, 0.717) is 18.5 Å². The number of amides is 1. The van der Waals surface area contributed by atoms with Gasteiger partial charge in [-0.1, -0.05) is 6.07 Å². The van der Waals surface area contributed by atoms with E-state index in [1.165, 1.54) is 4.88 Å². The van der Waals surface area contributed by atoms with Crippen LogP contribution in [0.5, 0.6) is 0 Å². The van der Waals surface area contributed by atoms with Crippen molar-refractivity contribution in [2.45, 2.75) is 38.3 Å². The van der Waals surface area contributed by atoms with Gasteiger partial charge < -0.3 is 10.6 Å². The summed E-state index contributed by atoms with van der Waals surface area (Å²) in [6, 6.07) is 4.99. The van der Waals surface area contributed by atoms with Gasteiger partial charge in [0.15, 0.2) is 0 Å². The van der Waals surface area contributed by atoms with Gasteiger partial charge in [-0.25, -0.2) is 0 Å². The van der Waals surface area contributed by atoms with Crippen LogP contribution in [0.2, 0.25) is 0 Å². The van der Waals surface area contributed by atoms with Gasteiger partial charge >= 0.3 is 0 Å². The molecule has 0 radical (unpaired) electrons. The number of thiophene rings is 1. The molecule has 1 fully saturated rings. The Morgan fingerprint density at radius 2 is 2.44 bits per heavy atom. The molecule has 1 atom stereocenters. The molecule has 0 unspecified atom stereocenters. The molecular formula is C12H18N2OS. The fourth-order valence-corrected chi connectivity index (χ4v) is 2.33. The molecule has 0 aromatic carbocycles. The zero-order chi connectivity index (χ0) is 11.4. The summed E-state index contributed by atoms with van der Waals surface area (Å²) in [6.07, 6.45) is 2.89. The monoisotopic (exact) mass is 238 g/mol. The Morgan fingerprint density at radius 1 is 1.62 bits per heavy atom. The van der Waals surface area contributed by atoms with Crippen LogP contribution in [0.1, 0.15) is 37.1 Å². The van der Waals surface area contributed by atoms with E-state index in [1.54, 1.807) is 11.3 Å². The third-order valence-electron chi connectivity index (χ3n) is 2.72. The molecule has 0 bridgehead atoms. The molecule has 2 rings (SSSR count). The lowest BCUT2D eigenvalue weighted by molar-refractivity contribution is -0.121. The molecule has 3 nitrogen and oxygen atoms in total. The maximum Gasteiger partial charge on any atom is 0.221 e. The Labute approximate surface area is 100 Å². The predicted molar refractivity (Wildman–Crippen MR) is 66.5 cm³/mol. The molecule has 0 aliphatic heterocycles. The van der Waals surface area contributed by atoms with Crippen LogP contribution in [0, 0.1) is 0 Å². The normalized spacial score (nSPS) is 17.1. The first-order valence-corrected chi connectivity index (χ1v) is 6.70. The average Bonchev–Trinajstić information content (AvgIpc) is 2.90. The van der Waals surface area contributed by atoms with E-state index in [0.717, 1.165) is 19.4 Å². The van der Waals surface area contributed by atoms with Crippen molar-refractivity contribution in [2.24, 2.45) is 0 Å². The van der Waals surface area contributed by atoms with E-state index in [4.69, 9.17) is 0 Å². The van der Waals surface area contributed by atoms with Crippen molar-refractivity contribution < 1.29 is 4.79 Å². The second kappa shape index (κ2) is 5.46. The minimum Gasteiger partial charge on any atom is -0.353 e. The average molecular weight is 238 g/mol.